The largest absolute Gasteiger partial charge is 0.456 e. The summed E-state index contributed by atoms with van der Waals surface area (Å²) in [6.07, 6.45) is 0. The molecule has 5 nitrogen and oxygen atoms in total. The predicted octanol–water partition coefficient (Wildman–Crippen LogP) is 15.2. The Morgan fingerprint density at radius 2 is 0.726 bits per heavy atom. The Hall–Kier alpha value is -8.41. The molecule has 11 aromatic rings. The van der Waals surface area contributed by atoms with Crippen molar-refractivity contribution in [1.29, 1.82) is 0 Å². The van der Waals surface area contributed by atoms with Crippen molar-refractivity contribution in [3.05, 3.63) is 231 Å². The molecular weight excluding hydrogens is 757 g/mol. The van der Waals surface area contributed by atoms with E-state index < -0.39 is 0 Å². The van der Waals surface area contributed by atoms with E-state index in [-0.39, 0.29) is 0 Å². The molecular formula is C57H38N4O. The maximum atomic E-state index is 6.61. The van der Waals surface area contributed by atoms with E-state index in [9.17, 15) is 0 Å². The molecule has 0 amide bonds. The highest BCUT2D eigenvalue weighted by Gasteiger charge is 2.19. The smallest absolute Gasteiger partial charge is 0.164 e. The van der Waals surface area contributed by atoms with Gasteiger partial charge in [0.1, 0.15) is 11.2 Å². The highest BCUT2D eigenvalue weighted by molar-refractivity contribution is 6.12. The van der Waals surface area contributed by atoms with Gasteiger partial charge >= 0.3 is 0 Å². The van der Waals surface area contributed by atoms with E-state index in [1.807, 2.05) is 54.6 Å². The van der Waals surface area contributed by atoms with Crippen LogP contribution < -0.4 is 4.90 Å². The van der Waals surface area contributed by atoms with E-state index in [4.69, 9.17) is 19.4 Å². The van der Waals surface area contributed by atoms with Gasteiger partial charge in [0.25, 0.3) is 0 Å². The summed E-state index contributed by atoms with van der Waals surface area (Å²) in [6.45, 7) is 0. The second kappa shape index (κ2) is 16.0. The molecule has 9 aromatic carbocycles. The Morgan fingerprint density at radius 3 is 1.37 bits per heavy atom. The van der Waals surface area contributed by atoms with Crippen LogP contribution in [0.4, 0.5) is 17.1 Å². The van der Waals surface area contributed by atoms with Crippen LogP contribution in [0, 0.1) is 0 Å². The van der Waals surface area contributed by atoms with Crippen LogP contribution in [0.1, 0.15) is 0 Å². The molecule has 0 bridgehead atoms. The number of hydrogen-bond acceptors (Lipinski definition) is 5. The molecule has 5 heteroatoms. The van der Waals surface area contributed by atoms with E-state index in [0.29, 0.717) is 17.5 Å². The SMILES string of the molecule is c1ccc(-c2ccc(N(c3ccccc3)c3ccc(-c4ccc5c(c4)oc4cccc(-c6nc(-c7ccccc7)nc(-c7cccc(-c8ccccc8)c7)n6)c45)cc3)cc2)cc1. The van der Waals surface area contributed by atoms with Gasteiger partial charge in [0.15, 0.2) is 17.5 Å². The number of benzene rings is 9. The third-order valence-corrected chi connectivity index (χ3v) is 11.3. The van der Waals surface area contributed by atoms with Gasteiger partial charge in [-0.25, -0.2) is 15.0 Å². The van der Waals surface area contributed by atoms with Crippen LogP contribution in [0.3, 0.4) is 0 Å². The molecule has 0 unspecified atom stereocenters. The number of hydrogen-bond donors (Lipinski definition) is 0. The molecule has 2 aromatic heterocycles. The van der Waals surface area contributed by atoms with Gasteiger partial charge in [0.05, 0.1) is 0 Å². The lowest BCUT2D eigenvalue weighted by molar-refractivity contribution is 0.669. The highest BCUT2D eigenvalue weighted by Crippen LogP contribution is 2.40. The fraction of sp³-hybridized carbons (Fsp3) is 0. The van der Waals surface area contributed by atoms with Crippen molar-refractivity contribution in [3.63, 3.8) is 0 Å². The summed E-state index contributed by atoms with van der Waals surface area (Å²) in [7, 11) is 0. The number of anilines is 3. The second-order valence-corrected chi connectivity index (χ2v) is 15.2. The average molecular weight is 795 g/mol. The summed E-state index contributed by atoms with van der Waals surface area (Å²) in [6, 6.07) is 79.9. The van der Waals surface area contributed by atoms with Gasteiger partial charge in [-0.3, -0.25) is 0 Å². The van der Waals surface area contributed by atoms with Crippen LogP contribution in [0.25, 0.3) is 89.5 Å². The van der Waals surface area contributed by atoms with Crippen LogP contribution in [0.5, 0.6) is 0 Å². The van der Waals surface area contributed by atoms with Gasteiger partial charge in [0, 0.05) is 44.5 Å². The van der Waals surface area contributed by atoms with E-state index in [1.165, 1.54) is 11.1 Å². The highest BCUT2D eigenvalue weighted by atomic mass is 16.3. The summed E-state index contributed by atoms with van der Waals surface area (Å²) in [4.78, 5) is 17.6. The van der Waals surface area contributed by atoms with Gasteiger partial charge in [-0.1, -0.05) is 170 Å². The van der Waals surface area contributed by atoms with Crippen molar-refractivity contribution < 1.29 is 4.42 Å². The zero-order valence-electron chi connectivity index (χ0n) is 33.6. The Kier molecular flexibility index (Phi) is 9.45. The third-order valence-electron chi connectivity index (χ3n) is 11.3. The van der Waals surface area contributed by atoms with E-state index >= 15 is 0 Å². The monoisotopic (exact) mass is 794 g/mol. The standard InChI is InChI=1S/C57H38N4O/c1-5-15-39(16-6-1)41-27-32-48(33-28-41)61(47-23-11-4-12-24-47)49-34-29-42(30-35-49)45-31-36-50-53(38-45)62-52-26-14-25-51(54(50)52)57-59-55(43-19-9-3-10-20-43)58-56(60-57)46-22-13-21-44(37-46)40-17-7-2-8-18-40/h1-38H. The molecule has 0 saturated carbocycles. The molecule has 0 radical (unpaired) electrons. The van der Waals surface area contributed by atoms with Crippen LogP contribution in [0.15, 0.2) is 235 Å². The summed E-state index contributed by atoms with van der Waals surface area (Å²) < 4.78 is 6.61. The van der Waals surface area contributed by atoms with Crippen molar-refractivity contribution in [3.8, 4) is 67.5 Å². The van der Waals surface area contributed by atoms with Crippen LogP contribution in [0.2, 0.25) is 0 Å². The molecule has 2 heterocycles. The Morgan fingerprint density at radius 1 is 0.290 bits per heavy atom. The minimum absolute atomic E-state index is 0.588. The Bertz CT molecular complexity index is 3310. The predicted molar refractivity (Wildman–Crippen MR) is 254 cm³/mol. The number of aromatic nitrogens is 3. The zero-order chi connectivity index (χ0) is 41.2. The lowest BCUT2D eigenvalue weighted by Crippen LogP contribution is -2.09. The minimum atomic E-state index is 0.588. The Balaban J connectivity index is 0.958. The van der Waals surface area contributed by atoms with Crippen molar-refractivity contribution in [1.82, 2.24) is 15.0 Å². The van der Waals surface area contributed by atoms with Gasteiger partial charge in [-0.05, 0) is 94.0 Å². The molecule has 62 heavy (non-hydrogen) atoms. The molecule has 0 N–H and O–H groups in total. The molecule has 0 aliphatic heterocycles. The fourth-order valence-corrected chi connectivity index (χ4v) is 8.26. The molecule has 0 atom stereocenters. The number of para-hydroxylation sites is 1. The second-order valence-electron chi connectivity index (χ2n) is 15.2. The lowest BCUT2D eigenvalue weighted by Gasteiger charge is -2.26. The van der Waals surface area contributed by atoms with Crippen molar-refractivity contribution in [2.75, 3.05) is 4.90 Å². The zero-order valence-corrected chi connectivity index (χ0v) is 33.6. The average Bonchev–Trinajstić information content (AvgIpc) is 3.74. The van der Waals surface area contributed by atoms with E-state index in [1.54, 1.807) is 0 Å². The topological polar surface area (TPSA) is 55.1 Å². The summed E-state index contributed by atoms with van der Waals surface area (Å²) in [5.41, 5.74) is 14.3. The maximum absolute atomic E-state index is 6.61. The van der Waals surface area contributed by atoms with Gasteiger partial charge in [-0.2, -0.15) is 0 Å². The van der Waals surface area contributed by atoms with Gasteiger partial charge in [-0.15, -0.1) is 0 Å². The van der Waals surface area contributed by atoms with E-state index in [2.05, 4.69) is 181 Å². The number of nitrogens with zero attached hydrogens (tertiary/aromatic N) is 4. The van der Waals surface area contributed by atoms with Crippen LogP contribution in [-0.4, -0.2) is 15.0 Å². The first-order valence-corrected chi connectivity index (χ1v) is 20.8. The van der Waals surface area contributed by atoms with Gasteiger partial charge < -0.3 is 9.32 Å². The maximum Gasteiger partial charge on any atom is 0.164 e. The van der Waals surface area contributed by atoms with Crippen molar-refractivity contribution >= 4 is 39.0 Å². The molecule has 0 aliphatic rings. The quantitative estimate of drug-likeness (QED) is 0.146. The molecule has 11 rings (SSSR count). The summed E-state index contributed by atoms with van der Waals surface area (Å²) >= 11 is 0. The van der Waals surface area contributed by atoms with Crippen molar-refractivity contribution in [2.24, 2.45) is 0 Å². The number of fused-ring (bicyclic) bond motifs is 3. The fourth-order valence-electron chi connectivity index (χ4n) is 8.26. The first-order chi connectivity index (χ1) is 30.7. The number of furan rings is 1. The molecule has 0 spiro atoms. The van der Waals surface area contributed by atoms with Crippen LogP contribution in [-0.2, 0) is 0 Å². The minimum Gasteiger partial charge on any atom is -0.456 e. The molecule has 0 aliphatic carbocycles. The van der Waals surface area contributed by atoms with Crippen molar-refractivity contribution in [2.45, 2.75) is 0 Å². The first kappa shape index (κ1) is 36.7. The summed E-state index contributed by atoms with van der Waals surface area (Å²) in [5.74, 6) is 1.81. The molecule has 0 fully saturated rings. The van der Waals surface area contributed by atoms with Crippen LogP contribution >= 0.6 is 0 Å². The first-order valence-electron chi connectivity index (χ1n) is 20.8. The van der Waals surface area contributed by atoms with E-state index in [0.717, 1.165) is 77.9 Å². The molecule has 292 valence electrons. The third kappa shape index (κ3) is 7.08. The normalized spacial score (nSPS) is 11.2. The van der Waals surface area contributed by atoms with Gasteiger partial charge in [0.2, 0.25) is 0 Å². The number of rotatable bonds is 9. The molecule has 0 saturated heterocycles. The lowest BCUT2D eigenvalue weighted by atomic mass is 10.0. The summed E-state index contributed by atoms with van der Waals surface area (Å²) in [5, 5.41) is 1.97. The Labute approximate surface area is 359 Å².